The van der Waals surface area contributed by atoms with E-state index in [1.54, 1.807) is 4.57 Å². The quantitative estimate of drug-likeness (QED) is 0.646. The second kappa shape index (κ2) is 7.21. The van der Waals surface area contributed by atoms with Gasteiger partial charge in [-0.3, -0.25) is 4.57 Å². The summed E-state index contributed by atoms with van der Waals surface area (Å²) in [6.45, 7) is 4.55. The lowest BCUT2D eigenvalue weighted by molar-refractivity contribution is 0.549. The first kappa shape index (κ1) is 14.8. The smallest absolute Gasteiger partial charge is 0.295 e. The van der Waals surface area contributed by atoms with Crippen LogP contribution in [0.1, 0.15) is 37.1 Å². The molecule has 1 heterocycles. The van der Waals surface area contributed by atoms with Crippen molar-refractivity contribution in [1.82, 2.24) is 9.55 Å². The van der Waals surface area contributed by atoms with Gasteiger partial charge in [0, 0.05) is 12.2 Å². The van der Waals surface area contributed by atoms with Crippen LogP contribution in [0, 0.1) is 13.8 Å². The molecule has 17 heavy (non-hydrogen) atoms. The third-order valence-corrected chi connectivity index (χ3v) is 4.29. The first-order valence-corrected chi connectivity index (χ1v) is 7.35. The molecule has 0 amide bonds. The zero-order chi connectivity index (χ0) is 12.8. The van der Waals surface area contributed by atoms with Crippen LogP contribution in [0.15, 0.2) is 9.27 Å². The largest absolute Gasteiger partial charge is 0.348 e. The molecular formula is C12H19BrN2OS. The van der Waals surface area contributed by atoms with Gasteiger partial charge in [-0.05, 0) is 48.4 Å². The molecule has 5 heteroatoms. The van der Waals surface area contributed by atoms with Crippen molar-refractivity contribution in [1.29, 1.82) is 0 Å². The van der Waals surface area contributed by atoms with Crippen molar-refractivity contribution in [2.24, 2.45) is 0 Å². The summed E-state index contributed by atoms with van der Waals surface area (Å²) in [5.74, 6) is 0.941. The fraction of sp³-hybridized carbons (Fsp3) is 0.667. The Morgan fingerprint density at radius 2 is 1.88 bits per heavy atom. The number of halogens is 1. The molecule has 0 aliphatic heterocycles. The molecule has 0 fully saturated rings. The first-order chi connectivity index (χ1) is 8.07. The second-order valence-electron chi connectivity index (χ2n) is 4.17. The molecule has 0 atom stereocenters. The van der Waals surface area contributed by atoms with Gasteiger partial charge in [-0.2, -0.15) is 17.6 Å². The predicted molar refractivity (Wildman–Crippen MR) is 78.0 cm³/mol. The molecule has 0 unspecified atom stereocenters. The van der Waals surface area contributed by atoms with E-state index in [2.05, 4.69) is 33.5 Å². The van der Waals surface area contributed by atoms with Crippen molar-refractivity contribution in [3.8, 4) is 0 Å². The number of hydrogen-bond donors (Lipinski definition) is 1. The molecule has 3 nitrogen and oxygen atoms in total. The lowest BCUT2D eigenvalue weighted by Gasteiger charge is -2.11. The molecule has 1 aromatic rings. The van der Waals surface area contributed by atoms with E-state index in [9.17, 15) is 4.79 Å². The summed E-state index contributed by atoms with van der Waals surface area (Å²) >= 11 is 7.64. The summed E-state index contributed by atoms with van der Waals surface area (Å²) in [7, 11) is 0. The molecule has 0 aliphatic rings. The SMILES string of the molecule is Cc1nc(=O)n(CCCCCCS)c(C)c1Br. The van der Waals surface area contributed by atoms with Crippen LogP contribution in [0.3, 0.4) is 0 Å². The molecule has 1 aromatic heterocycles. The highest BCUT2D eigenvalue weighted by molar-refractivity contribution is 9.10. The van der Waals surface area contributed by atoms with Crippen LogP contribution in [0.4, 0.5) is 0 Å². The van der Waals surface area contributed by atoms with Gasteiger partial charge in [0.1, 0.15) is 0 Å². The van der Waals surface area contributed by atoms with Gasteiger partial charge in [-0.25, -0.2) is 4.79 Å². The highest BCUT2D eigenvalue weighted by Crippen LogP contribution is 2.17. The van der Waals surface area contributed by atoms with Crippen LogP contribution < -0.4 is 5.69 Å². The Bertz CT molecular complexity index is 431. The van der Waals surface area contributed by atoms with Crippen molar-refractivity contribution in [3.63, 3.8) is 0 Å². The Balaban J connectivity index is 2.65. The predicted octanol–water partition coefficient (Wildman–Crippen LogP) is 3.11. The maximum absolute atomic E-state index is 11.8. The van der Waals surface area contributed by atoms with Gasteiger partial charge in [0.05, 0.1) is 10.2 Å². The number of unbranched alkanes of at least 4 members (excludes halogenated alkanes) is 3. The molecule has 96 valence electrons. The van der Waals surface area contributed by atoms with Crippen LogP contribution in [0.25, 0.3) is 0 Å². The number of thiol groups is 1. The minimum Gasteiger partial charge on any atom is -0.295 e. The maximum Gasteiger partial charge on any atom is 0.348 e. The lowest BCUT2D eigenvalue weighted by atomic mass is 10.2. The molecule has 0 spiro atoms. The van der Waals surface area contributed by atoms with Gasteiger partial charge in [-0.15, -0.1) is 0 Å². The molecule has 0 aliphatic carbocycles. The number of hydrogen-bond acceptors (Lipinski definition) is 3. The summed E-state index contributed by atoms with van der Waals surface area (Å²) in [6, 6.07) is 0. The van der Waals surface area contributed by atoms with Crippen molar-refractivity contribution in [2.45, 2.75) is 46.1 Å². The molecule has 0 saturated carbocycles. The second-order valence-corrected chi connectivity index (χ2v) is 5.41. The van der Waals surface area contributed by atoms with Crippen molar-refractivity contribution in [3.05, 3.63) is 26.3 Å². The number of nitrogens with zero attached hydrogens (tertiary/aromatic N) is 2. The minimum absolute atomic E-state index is 0.141. The summed E-state index contributed by atoms with van der Waals surface area (Å²) in [5.41, 5.74) is 1.59. The van der Waals surface area contributed by atoms with E-state index in [4.69, 9.17) is 0 Å². The molecule has 0 radical (unpaired) electrons. The third-order valence-electron chi connectivity index (χ3n) is 2.82. The van der Waals surface area contributed by atoms with E-state index in [1.807, 2.05) is 13.8 Å². The van der Waals surface area contributed by atoms with Gasteiger partial charge in [0.2, 0.25) is 0 Å². The topological polar surface area (TPSA) is 34.9 Å². The Kier molecular flexibility index (Phi) is 6.27. The maximum atomic E-state index is 11.8. The van der Waals surface area contributed by atoms with Crippen LogP contribution in [0.5, 0.6) is 0 Å². The Morgan fingerprint density at radius 3 is 2.53 bits per heavy atom. The minimum atomic E-state index is -0.141. The first-order valence-electron chi connectivity index (χ1n) is 5.92. The molecule has 1 rings (SSSR count). The van der Waals surface area contributed by atoms with Gasteiger partial charge in [0.15, 0.2) is 0 Å². The number of aromatic nitrogens is 2. The normalized spacial score (nSPS) is 10.8. The summed E-state index contributed by atoms with van der Waals surface area (Å²) in [6.07, 6.45) is 4.48. The monoisotopic (exact) mass is 318 g/mol. The third kappa shape index (κ3) is 4.14. The molecule has 0 saturated heterocycles. The van der Waals surface area contributed by atoms with Gasteiger partial charge in [-0.1, -0.05) is 12.8 Å². The molecule has 0 N–H and O–H groups in total. The van der Waals surface area contributed by atoms with Gasteiger partial charge in [0.25, 0.3) is 0 Å². The van der Waals surface area contributed by atoms with Gasteiger partial charge >= 0.3 is 5.69 Å². The van der Waals surface area contributed by atoms with Crippen molar-refractivity contribution >= 4 is 28.6 Å². The highest BCUT2D eigenvalue weighted by atomic mass is 79.9. The Hall–Kier alpha value is -0.290. The van der Waals surface area contributed by atoms with E-state index >= 15 is 0 Å². The molecule has 0 aromatic carbocycles. The number of aryl methyl sites for hydroxylation is 1. The molecule has 0 bridgehead atoms. The van der Waals surface area contributed by atoms with Crippen LogP contribution in [-0.2, 0) is 6.54 Å². The zero-order valence-corrected chi connectivity index (χ0v) is 12.9. The Labute approximate surface area is 116 Å². The van der Waals surface area contributed by atoms with Crippen LogP contribution in [0.2, 0.25) is 0 Å². The van der Waals surface area contributed by atoms with E-state index in [0.717, 1.165) is 47.4 Å². The van der Waals surface area contributed by atoms with Crippen LogP contribution >= 0.6 is 28.6 Å². The fourth-order valence-corrected chi connectivity index (χ4v) is 2.30. The average molecular weight is 319 g/mol. The zero-order valence-electron chi connectivity index (χ0n) is 10.4. The summed E-state index contributed by atoms with van der Waals surface area (Å²) < 4.78 is 2.69. The fourth-order valence-electron chi connectivity index (χ4n) is 1.78. The standard InChI is InChI=1S/C12H19BrN2OS/c1-9-11(13)10(2)15(12(16)14-9)7-5-3-4-6-8-17/h17H,3-8H2,1-2H3. The van der Waals surface area contributed by atoms with E-state index in [0.29, 0.717) is 0 Å². The number of rotatable bonds is 6. The van der Waals surface area contributed by atoms with Crippen LogP contribution in [-0.4, -0.2) is 15.3 Å². The van der Waals surface area contributed by atoms with Crippen molar-refractivity contribution in [2.75, 3.05) is 5.75 Å². The van der Waals surface area contributed by atoms with Crippen molar-refractivity contribution < 1.29 is 0 Å². The van der Waals surface area contributed by atoms with E-state index < -0.39 is 0 Å². The average Bonchev–Trinajstić information content (AvgIpc) is 2.30. The highest BCUT2D eigenvalue weighted by Gasteiger charge is 2.08. The molecular weight excluding hydrogens is 300 g/mol. The van der Waals surface area contributed by atoms with E-state index in [1.165, 1.54) is 6.42 Å². The summed E-state index contributed by atoms with van der Waals surface area (Å²) in [4.78, 5) is 15.7. The Morgan fingerprint density at radius 1 is 1.24 bits per heavy atom. The summed E-state index contributed by atoms with van der Waals surface area (Å²) in [5, 5.41) is 0. The lowest BCUT2D eigenvalue weighted by Crippen LogP contribution is -2.26. The van der Waals surface area contributed by atoms with Gasteiger partial charge < -0.3 is 0 Å². The van der Waals surface area contributed by atoms with E-state index in [-0.39, 0.29) is 5.69 Å².